The Kier molecular flexibility index (Phi) is 6.32. The highest BCUT2D eigenvalue weighted by Crippen LogP contribution is 2.36. The lowest BCUT2D eigenvalue weighted by molar-refractivity contribution is 0.0518. The van der Waals surface area contributed by atoms with Crippen LogP contribution in [0.3, 0.4) is 0 Å². The first-order valence-electron chi connectivity index (χ1n) is 10.5. The van der Waals surface area contributed by atoms with Crippen molar-refractivity contribution >= 4 is 34.2 Å². The second-order valence-corrected chi connectivity index (χ2v) is 8.63. The van der Waals surface area contributed by atoms with Crippen molar-refractivity contribution < 1.29 is 9.53 Å². The zero-order valence-electron chi connectivity index (χ0n) is 18.3. The van der Waals surface area contributed by atoms with Crippen LogP contribution in [-0.2, 0) is 4.74 Å². The quantitative estimate of drug-likeness (QED) is 0.542. The summed E-state index contributed by atoms with van der Waals surface area (Å²) in [5.41, 5.74) is 3.21. The fourth-order valence-electron chi connectivity index (χ4n) is 3.78. The van der Waals surface area contributed by atoms with Crippen molar-refractivity contribution in [2.24, 2.45) is 0 Å². The molecule has 4 rings (SSSR count). The van der Waals surface area contributed by atoms with Gasteiger partial charge in [-0.15, -0.1) is 0 Å². The number of aryl methyl sites for hydroxylation is 1. The number of thiazole rings is 1. The zero-order valence-corrected chi connectivity index (χ0v) is 19.1. The van der Waals surface area contributed by atoms with Crippen molar-refractivity contribution in [2.45, 2.75) is 39.7 Å². The highest BCUT2D eigenvalue weighted by molar-refractivity contribution is 7.16. The number of carbonyl (C=O) groups is 1. The van der Waals surface area contributed by atoms with Gasteiger partial charge in [0, 0.05) is 12.1 Å². The Morgan fingerprint density at radius 3 is 2.78 bits per heavy atom. The highest BCUT2D eigenvalue weighted by Gasteiger charge is 2.30. The normalized spacial score (nSPS) is 15.4. The molecule has 1 aliphatic rings. The number of nitrogens with one attached hydrogen (secondary N) is 1. The number of aromatic nitrogens is 3. The van der Waals surface area contributed by atoms with Gasteiger partial charge in [-0.3, -0.25) is 0 Å². The predicted octanol–water partition coefficient (Wildman–Crippen LogP) is 4.68. The van der Waals surface area contributed by atoms with E-state index in [2.05, 4.69) is 57.4 Å². The lowest BCUT2D eigenvalue weighted by Gasteiger charge is -2.26. The van der Waals surface area contributed by atoms with Gasteiger partial charge in [-0.2, -0.15) is 10.2 Å². The summed E-state index contributed by atoms with van der Waals surface area (Å²) in [7, 11) is 0. The first-order chi connectivity index (χ1) is 15.5. The van der Waals surface area contributed by atoms with Gasteiger partial charge in [0.1, 0.15) is 16.8 Å². The van der Waals surface area contributed by atoms with Gasteiger partial charge in [0.05, 0.1) is 18.8 Å². The summed E-state index contributed by atoms with van der Waals surface area (Å²) < 4.78 is 5.25. The Morgan fingerprint density at radius 1 is 1.31 bits per heavy atom. The number of benzene rings is 1. The zero-order chi connectivity index (χ0) is 22.7. The maximum Gasteiger partial charge on any atom is 0.357 e. The van der Waals surface area contributed by atoms with Crippen molar-refractivity contribution in [3.63, 3.8) is 0 Å². The number of rotatable bonds is 6. The Bertz CT molecular complexity index is 1170. The van der Waals surface area contributed by atoms with Crippen molar-refractivity contribution in [3.05, 3.63) is 57.7 Å². The van der Waals surface area contributed by atoms with Crippen molar-refractivity contribution in [1.82, 2.24) is 15.0 Å². The maximum absolute atomic E-state index is 12.7. The molecule has 3 aromatic rings. The molecule has 9 heteroatoms. The van der Waals surface area contributed by atoms with Gasteiger partial charge >= 0.3 is 5.97 Å². The van der Waals surface area contributed by atoms with Crippen molar-refractivity contribution in [3.8, 4) is 6.07 Å². The van der Waals surface area contributed by atoms with Gasteiger partial charge < -0.3 is 15.0 Å². The van der Waals surface area contributed by atoms with Gasteiger partial charge in [0.15, 0.2) is 10.8 Å². The molecule has 0 aliphatic carbocycles. The minimum atomic E-state index is -0.486. The van der Waals surface area contributed by atoms with E-state index in [9.17, 15) is 4.79 Å². The van der Waals surface area contributed by atoms with Gasteiger partial charge in [-0.1, -0.05) is 41.2 Å². The van der Waals surface area contributed by atoms with E-state index in [1.165, 1.54) is 28.7 Å². The largest absolute Gasteiger partial charge is 0.461 e. The van der Waals surface area contributed by atoms with Crippen LogP contribution in [0.25, 0.3) is 0 Å². The van der Waals surface area contributed by atoms with Crippen molar-refractivity contribution in [1.29, 1.82) is 5.26 Å². The number of anilines is 3. The molecule has 0 radical (unpaired) electrons. The Hall–Kier alpha value is -3.51. The van der Waals surface area contributed by atoms with Crippen LogP contribution in [-0.4, -0.2) is 34.1 Å². The Balaban J connectivity index is 1.74. The first kappa shape index (κ1) is 21.7. The van der Waals surface area contributed by atoms with Crippen LogP contribution in [0.2, 0.25) is 0 Å². The molecule has 3 heterocycles. The second-order valence-electron chi connectivity index (χ2n) is 7.59. The molecule has 1 aliphatic heterocycles. The van der Waals surface area contributed by atoms with E-state index in [1.54, 1.807) is 13.8 Å². The molecular weight excluding hydrogens is 424 g/mol. The number of nitrogens with zero attached hydrogens (tertiary/aromatic N) is 5. The summed E-state index contributed by atoms with van der Waals surface area (Å²) in [5, 5.41) is 12.8. The summed E-state index contributed by atoms with van der Waals surface area (Å²) >= 11 is 1.22. The molecule has 32 heavy (non-hydrogen) atoms. The maximum atomic E-state index is 12.7. The smallest absolute Gasteiger partial charge is 0.357 e. The lowest BCUT2D eigenvalue weighted by Crippen LogP contribution is -2.26. The average Bonchev–Trinajstić information content (AvgIpc) is 3.45. The SMILES string of the molecule is CCOC(=O)c1nc(N2CCC[C@H]2c2ccc(C)cc2)nc(Nc2ncc(C#N)s2)c1C. The second kappa shape index (κ2) is 9.32. The van der Waals surface area contributed by atoms with E-state index in [4.69, 9.17) is 15.0 Å². The van der Waals surface area contributed by atoms with E-state index < -0.39 is 5.97 Å². The summed E-state index contributed by atoms with van der Waals surface area (Å²) in [6.07, 6.45) is 3.49. The van der Waals surface area contributed by atoms with Crippen LogP contribution in [0.15, 0.2) is 30.5 Å². The molecule has 0 bridgehead atoms. The van der Waals surface area contributed by atoms with Gasteiger partial charge in [0.25, 0.3) is 0 Å². The molecule has 0 saturated carbocycles. The van der Waals surface area contributed by atoms with E-state index in [1.807, 2.05) is 0 Å². The van der Waals surface area contributed by atoms with Gasteiger partial charge in [-0.05, 0) is 39.2 Å². The fraction of sp³-hybridized carbons (Fsp3) is 0.348. The number of nitriles is 1. The Morgan fingerprint density at radius 2 is 2.09 bits per heavy atom. The standard InChI is InChI=1S/C23H24N6O2S/c1-4-31-21(30)19-15(3)20(28-23-25-13-17(12-24)32-23)27-22(26-19)29-11-5-6-18(29)16-9-7-14(2)8-10-16/h7-10,13,18H,4-6,11H2,1-3H3,(H,25,26,27,28)/t18-/m0/s1. The van der Waals surface area contributed by atoms with Crippen LogP contribution < -0.4 is 10.2 Å². The van der Waals surface area contributed by atoms with Gasteiger partial charge in [0.2, 0.25) is 5.95 Å². The van der Waals surface area contributed by atoms with E-state index >= 15 is 0 Å². The molecular formula is C23H24N6O2S. The number of esters is 1. The molecule has 1 saturated heterocycles. The molecule has 164 valence electrons. The topological polar surface area (TPSA) is 104 Å². The van der Waals surface area contributed by atoms with Crippen molar-refractivity contribution in [2.75, 3.05) is 23.4 Å². The molecule has 0 amide bonds. The highest BCUT2D eigenvalue weighted by atomic mass is 32.1. The third-order valence-electron chi connectivity index (χ3n) is 5.42. The predicted molar refractivity (Wildman–Crippen MR) is 123 cm³/mol. The van der Waals surface area contributed by atoms with Crippen LogP contribution in [0.1, 0.15) is 57.9 Å². The molecule has 1 fully saturated rings. The molecule has 8 nitrogen and oxygen atoms in total. The summed E-state index contributed by atoms with van der Waals surface area (Å²) in [5.74, 6) is 0.465. The monoisotopic (exact) mass is 448 g/mol. The number of hydrogen-bond acceptors (Lipinski definition) is 9. The lowest BCUT2D eigenvalue weighted by atomic mass is 10.0. The summed E-state index contributed by atoms with van der Waals surface area (Å²) in [4.78, 5) is 28.9. The van der Waals surface area contributed by atoms with Crippen LogP contribution >= 0.6 is 11.3 Å². The third kappa shape index (κ3) is 4.41. The van der Waals surface area contributed by atoms with E-state index in [0.717, 1.165) is 19.4 Å². The Labute approximate surface area is 190 Å². The molecule has 0 spiro atoms. The van der Waals surface area contributed by atoms with Crippen LogP contribution in [0, 0.1) is 25.2 Å². The van der Waals surface area contributed by atoms with Gasteiger partial charge in [-0.25, -0.2) is 14.8 Å². The average molecular weight is 449 g/mol. The molecule has 0 unspecified atom stereocenters. The van der Waals surface area contributed by atoms with E-state index in [-0.39, 0.29) is 18.3 Å². The minimum absolute atomic E-state index is 0.131. The summed E-state index contributed by atoms with van der Waals surface area (Å²) in [6, 6.07) is 10.7. The molecule has 2 aromatic heterocycles. The minimum Gasteiger partial charge on any atom is -0.461 e. The third-order valence-corrected chi connectivity index (χ3v) is 6.23. The fourth-order valence-corrected chi connectivity index (χ4v) is 4.39. The number of carbonyl (C=O) groups excluding carboxylic acids is 1. The van der Waals surface area contributed by atoms with Crippen LogP contribution in [0.4, 0.5) is 16.9 Å². The molecule has 1 atom stereocenters. The van der Waals surface area contributed by atoms with E-state index in [0.29, 0.717) is 27.3 Å². The molecule has 1 N–H and O–H groups in total. The summed E-state index contributed by atoms with van der Waals surface area (Å²) in [6.45, 7) is 6.66. The number of hydrogen-bond donors (Lipinski definition) is 1. The molecule has 1 aromatic carbocycles. The number of ether oxygens (including phenoxy) is 1. The van der Waals surface area contributed by atoms with Crippen LogP contribution in [0.5, 0.6) is 0 Å². The first-order valence-corrected chi connectivity index (χ1v) is 11.3.